The highest BCUT2D eigenvalue weighted by Crippen LogP contribution is 2.18. The molecule has 1 fully saturated rings. The predicted molar refractivity (Wildman–Crippen MR) is 64.0 cm³/mol. The first kappa shape index (κ1) is 12.3. The summed E-state index contributed by atoms with van der Waals surface area (Å²) in [6.45, 7) is 0.271. The number of aromatic hydroxyl groups is 1. The molecule has 0 atom stereocenters. The number of hydrogen-bond acceptors (Lipinski definition) is 4. The van der Waals surface area contributed by atoms with Gasteiger partial charge in [0.25, 0.3) is 5.91 Å². The highest BCUT2D eigenvalue weighted by Gasteiger charge is 2.22. The summed E-state index contributed by atoms with van der Waals surface area (Å²) in [5, 5.41) is 14.6. The Morgan fingerprint density at radius 1 is 1.39 bits per heavy atom. The molecule has 0 radical (unpaired) electrons. The lowest BCUT2D eigenvalue weighted by Crippen LogP contribution is -2.31. The summed E-state index contributed by atoms with van der Waals surface area (Å²) >= 11 is 0. The summed E-state index contributed by atoms with van der Waals surface area (Å²) in [5.74, 6) is -0.460. The molecule has 18 heavy (non-hydrogen) atoms. The second-order valence-corrected chi connectivity index (χ2v) is 4.28. The van der Waals surface area contributed by atoms with Crippen molar-refractivity contribution >= 4 is 11.8 Å². The molecule has 1 heterocycles. The smallest absolute Gasteiger partial charge is 0.252 e. The van der Waals surface area contributed by atoms with Crippen molar-refractivity contribution in [2.45, 2.75) is 25.3 Å². The number of nitrogens with zero attached hydrogens (tertiary/aromatic N) is 1. The van der Waals surface area contributed by atoms with Crippen LogP contribution < -0.4 is 10.6 Å². The van der Waals surface area contributed by atoms with Gasteiger partial charge in [0.2, 0.25) is 5.91 Å². The van der Waals surface area contributed by atoms with Crippen molar-refractivity contribution < 1.29 is 14.7 Å². The maximum atomic E-state index is 11.6. The van der Waals surface area contributed by atoms with Crippen molar-refractivity contribution in [2.24, 2.45) is 0 Å². The monoisotopic (exact) mass is 249 g/mol. The highest BCUT2D eigenvalue weighted by atomic mass is 16.3. The predicted octanol–water partition coefficient (Wildman–Crippen LogP) is 0.186. The molecule has 0 spiro atoms. The van der Waals surface area contributed by atoms with Gasteiger partial charge in [-0.2, -0.15) is 0 Å². The molecule has 2 rings (SSSR count). The second-order valence-electron chi connectivity index (χ2n) is 4.28. The molecule has 1 aromatic heterocycles. The molecule has 0 aliphatic heterocycles. The third-order valence-corrected chi connectivity index (χ3v) is 2.57. The van der Waals surface area contributed by atoms with Gasteiger partial charge in [0, 0.05) is 25.2 Å². The Balaban J connectivity index is 1.72. The van der Waals surface area contributed by atoms with Gasteiger partial charge in [0.1, 0.15) is 5.75 Å². The zero-order valence-corrected chi connectivity index (χ0v) is 9.85. The Kier molecular flexibility index (Phi) is 3.76. The fraction of sp³-hybridized carbons (Fsp3) is 0.417. The van der Waals surface area contributed by atoms with Gasteiger partial charge < -0.3 is 15.7 Å². The molecule has 1 aliphatic carbocycles. The molecule has 0 unspecified atom stereocenters. The third kappa shape index (κ3) is 3.73. The molecule has 96 valence electrons. The Morgan fingerprint density at radius 3 is 2.83 bits per heavy atom. The number of hydrogen-bond donors (Lipinski definition) is 3. The van der Waals surface area contributed by atoms with E-state index in [4.69, 9.17) is 0 Å². The number of pyridine rings is 1. The maximum absolute atomic E-state index is 11.6. The average molecular weight is 249 g/mol. The number of rotatable bonds is 5. The van der Waals surface area contributed by atoms with Crippen LogP contribution in [0.2, 0.25) is 0 Å². The van der Waals surface area contributed by atoms with E-state index in [1.807, 2.05) is 0 Å². The van der Waals surface area contributed by atoms with Crippen molar-refractivity contribution in [3.05, 3.63) is 24.0 Å². The van der Waals surface area contributed by atoms with Crippen molar-refractivity contribution in [1.29, 1.82) is 0 Å². The number of carbonyl (C=O) groups is 2. The van der Waals surface area contributed by atoms with E-state index in [-0.39, 0.29) is 36.1 Å². The Morgan fingerprint density at radius 2 is 2.17 bits per heavy atom. The zero-order valence-electron chi connectivity index (χ0n) is 9.85. The first-order chi connectivity index (χ1) is 8.65. The van der Waals surface area contributed by atoms with E-state index < -0.39 is 0 Å². The molecule has 1 aliphatic rings. The van der Waals surface area contributed by atoms with E-state index in [9.17, 15) is 14.7 Å². The normalized spacial score (nSPS) is 14.0. The van der Waals surface area contributed by atoms with Crippen molar-refractivity contribution in [3.8, 4) is 5.75 Å². The van der Waals surface area contributed by atoms with Gasteiger partial charge in [-0.05, 0) is 18.9 Å². The van der Waals surface area contributed by atoms with Crippen LogP contribution >= 0.6 is 0 Å². The van der Waals surface area contributed by atoms with Gasteiger partial charge >= 0.3 is 0 Å². The lowest BCUT2D eigenvalue weighted by molar-refractivity contribution is -0.121. The molecule has 2 amide bonds. The minimum atomic E-state index is -0.349. The molecule has 0 aromatic carbocycles. The fourth-order valence-electron chi connectivity index (χ4n) is 1.47. The van der Waals surface area contributed by atoms with Crippen LogP contribution in [0.1, 0.15) is 29.6 Å². The first-order valence-electron chi connectivity index (χ1n) is 5.87. The Hall–Kier alpha value is -2.11. The van der Waals surface area contributed by atoms with E-state index in [2.05, 4.69) is 15.6 Å². The molecule has 0 saturated heterocycles. The summed E-state index contributed by atoms with van der Waals surface area (Å²) in [4.78, 5) is 26.7. The molecule has 0 bridgehead atoms. The van der Waals surface area contributed by atoms with Crippen molar-refractivity contribution in [2.75, 3.05) is 6.54 Å². The van der Waals surface area contributed by atoms with Crippen molar-refractivity contribution in [1.82, 2.24) is 15.6 Å². The largest absolute Gasteiger partial charge is 0.506 e. The van der Waals surface area contributed by atoms with Gasteiger partial charge in [-0.15, -0.1) is 0 Å². The minimum Gasteiger partial charge on any atom is -0.506 e. The van der Waals surface area contributed by atoms with E-state index in [0.717, 1.165) is 12.8 Å². The van der Waals surface area contributed by atoms with Crippen LogP contribution in [0.4, 0.5) is 0 Å². The molecule has 3 N–H and O–H groups in total. The van der Waals surface area contributed by atoms with Crippen LogP contribution in [0.5, 0.6) is 5.75 Å². The quantitative estimate of drug-likeness (QED) is 0.694. The number of nitrogens with one attached hydrogen (secondary N) is 2. The molecule has 6 nitrogen and oxygen atoms in total. The zero-order chi connectivity index (χ0) is 13.0. The van der Waals surface area contributed by atoms with Crippen LogP contribution in [0.15, 0.2) is 18.5 Å². The summed E-state index contributed by atoms with van der Waals surface area (Å²) in [7, 11) is 0. The Bertz CT molecular complexity index is 458. The molecular weight excluding hydrogens is 234 g/mol. The topological polar surface area (TPSA) is 91.3 Å². The van der Waals surface area contributed by atoms with Gasteiger partial charge in [0.05, 0.1) is 11.8 Å². The molecular formula is C12H15N3O3. The van der Waals surface area contributed by atoms with Crippen LogP contribution in [-0.4, -0.2) is 34.5 Å². The van der Waals surface area contributed by atoms with E-state index in [1.54, 1.807) is 0 Å². The number of carbonyl (C=O) groups excluding carboxylic acids is 2. The SMILES string of the molecule is O=C(CCNC(=O)c1cncc(O)c1)NC1CC1. The highest BCUT2D eigenvalue weighted by molar-refractivity contribution is 5.94. The van der Waals surface area contributed by atoms with Gasteiger partial charge in [-0.25, -0.2) is 0 Å². The van der Waals surface area contributed by atoms with E-state index in [0.29, 0.717) is 6.04 Å². The number of aromatic nitrogens is 1. The van der Waals surface area contributed by atoms with Crippen LogP contribution in [0.25, 0.3) is 0 Å². The van der Waals surface area contributed by atoms with Gasteiger partial charge in [-0.1, -0.05) is 0 Å². The minimum absolute atomic E-state index is 0.0492. The second kappa shape index (κ2) is 5.48. The summed E-state index contributed by atoms with van der Waals surface area (Å²) in [5.41, 5.74) is 0.276. The van der Waals surface area contributed by atoms with Crippen LogP contribution in [0.3, 0.4) is 0 Å². The maximum Gasteiger partial charge on any atom is 0.252 e. The lowest BCUT2D eigenvalue weighted by Gasteiger charge is -2.05. The third-order valence-electron chi connectivity index (χ3n) is 2.57. The van der Waals surface area contributed by atoms with E-state index >= 15 is 0 Å². The Labute approximate surface area is 104 Å². The lowest BCUT2D eigenvalue weighted by atomic mass is 10.2. The molecule has 1 aromatic rings. The standard InChI is InChI=1S/C12H15N3O3/c16-10-5-8(6-13-7-10)12(18)14-4-3-11(17)15-9-1-2-9/h5-7,9,16H,1-4H2,(H,14,18)(H,15,17). The van der Waals surface area contributed by atoms with E-state index in [1.165, 1.54) is 18.5 Å². The first-order valence-corrected chi connectivity index (χ1v) is 5.87. The summed E-state index contributed by atoms with van der Waals surface area (Å²) in [6, 6.07) is 1.66. The fourth-order valence-corrected chi connectivity index (χ4v) is 1.47. The summed E-state index contributed by atoms with van der Waals surface area (Å²) in [6.07, 6.45) is 4.97. The molecule has 1 saturated carbocycles. The van der Waals surface area contributed by atoms with Crippen LogP contribution in [-0.2, 0) is 4.79 Å². The average Bonchev–Trinajstić information content (AvgIpc) is 3.12. The summed E-state index contributed by atoms with van der Waals surface area (Å²) < 4.78 is 0. The van der Waals surface area contributed by atoms with Crippen molar-refractivity contribution in [3.63, 3.8) is 0 Å². The van der Waals surface area contributed by atoms with Crippen LogP contribution in [0, 0.1) is 0 Å². The molecule has 6 heteroatoms. The van der Waals surface area contributed by atoms with Gasteiger partial charge in [-0.3, -0.25) is 14.6 Å². The number of amides is 2. The van der Waals surface area contributed by atoms with Gasteiger partial charge in [0.15, 0.2) is 0 Å².